The van der Waals surface area contributed by atoms with Crippen LogP contribution in [0.5, 0.6) is 0 Å². The van der Waals surface area contributed by atoms with Gasteiger partial charge in [0.15, 0.2) is 0 Å². The number of rotatable bonds is 6. The zero-order valence-electron chi connectivity index (χ0n) is 19.6. The average Bonchev–Trinajstić information content (AvgIpc) is 2.88. The van der Waals surface area contributed by atoms with Gasteiger partial charge in [0.2, 0.25) is 5.95 Å². The van der Waals surface area contributed by atoms with Gasteiger partial charge in [-0.1, -0.05) is 13.0 Å². The summed E-state index contributed by atoms with van der Waals surface area (Å²) in [6.07, 6.45) is 4.03. The predicted molar refractivity (Wildman–Crippen MR) is 127 cm³/mol. The third kappa shape index (κ3) is 5.51. The molecule has 1 aliphatic carbocycles. The normalized spacial score (nSPS) is 24.8. The van der Waals surface area contributed by atoms with Crippen LogP contribution in [0, 0.1) is 17.1 Å². The van der Waals surface area contributed by atoms with Crippen LogP contribution in [0.3, 0.4) is 0 Å². The second-order valence-corrected chi connectivity index (χ2v) is 8.95. The Morgan fingerprint density at radius 1 is 1.26 bits per heavy atom. The minimum atomic E-state index is -0.565. The fraction of sp³-hybridized carbons (Fsp3) is 0.520. The van der Waals surface area contributed by atoms with Gasteiger partial charge >= 0.3 is 0 Å². The van der Waals surface area contributed by atoms with Crippen LogP contribution in [0.2, 0.25) is 0 Å². The van der Waals surface area contributed by atoms with E-state index in [4.69, 9.17) is 10.00 Å². The minimum Gasteiger partial charge on any atom is -0.365 e. The smallest absolute Gasteiger partial charge is 0.250 e. The topological polar surface area (TPSA) is 112 Å². The van der Waals surface area contributed by atoms with E-state index in [2.05, 4.69) is 32.8 Å². The molecule has 0 unspecified atom stereocenters. The number of benzene rings is 1. The van der Waals surface area contributed by atoms with Crippen molar-refractivity contribution in [2.45, 2.75) is 63.1 Å². The molecule has 8 nitrogen and oxygen atoms in total. The molecule has 1 aromatic carbocycles. The molecule has 1 aliphatic heterocycles. The third-order valence-corrected chi connectivity index (χ3v) is 6.72. The SMILES string of the molecule is CC[C@@H]1CO[C@H](C(=O)NC2CCC(c3cc(-c4ccc(C#N)c(F)c4)nc(NC)n3)CC2)CN1. The number of anilines is 1. The maximum atomic E-state index is 14.2. The number of ether oxygens (including phenoxy) is 1. The zero-order chi connectivity index (χ0) is 24.1. The second kappa shape index (κ2) is 10.9. The molecule has 0 radical (unpaired) electrons. The molecule has 0 bridgehead atoms. The lowest BCUT2D eigenvalue weighted by Crippen LogP contribution is -2.53. The fourth-order valence-electron chi connectivity index (χ4n) is 4.58. The van der Waals surface area contributed by atoms with Gasteiger partial charge in [0.05, 0.1) is 17.9 Å². The highest BCUT2D eigenvalue weighted by Crippen LogP contribution is 2.34. The number of hydrogen-bond donors (Lipinski definition) is 3. The van der Waals surface area contributed by atoms with Gasteiger partial charge in [0, 0.05) is 42.9 Å². The molecular formula is C25H31FN6O2. The first kappa shape index (κ1) is 24.0. The second-order valence-electron chi connectivity index (χ2n) is 8.95. The molecule has 1 amide bonds. The van der Waals surface area contributed by atoms with Crippen LogP contribution in [0.15, 0.2) is 24.3 Å². The van der Waals surface area contributed by atoms with E-state index in [1.165, 1.54) is 12.1 Å². The Bertz CT molecular complexity index is 1060. The number of amides is 1. The monoisotopic (exact) mass is 466 g/mol. The molecule has 3 N–H and O–H groups in total. The summed E-state index contributed by atoms with van der Waals surface area (Å²) in [5, 5.41) is 18.5. The van der Waals surface area contributed by atoms with Gasteiger partial charge in [0.25, 0.3) is 5.91 Å². The van der Waals surface area contributed by atoms with Crippen molar-refractivity contribution < 1.29 is 13.9 Å². The minimum absolute atomic E-state index is 0.00632. The number of morpholine rings is 1. The molecule has 4 rings (SSSR count). The van der Waals surface area contributed by atoms with Gasteiger partial charge in [-0.05, 0) is 50.3 Å². The predicted octanol–water partition coefficient (Wildman–Crippen LogP) is 3.11. The van der Waals surface area contributed by atoms with Crippen LogP contribution < -0.4 is 16.0 Å². The Hall–Kier alpha value is -3.09. The number of aromatic nitrogens is 2. The van der Waals surface area contributed by atoms with E-state index in [1.807, 2.05) is 12.1 Å². The van der Waals surface area contributed by atoms with Crippen molar-refractivity contribution in [2.75, 3.05) is 25.5 Å². The Labute approximate surface area is 199 Å². The molecule has 2 aromatic rings. The molecule has 2 aliphatic rings. The van der Waals surface area contributed by atoms with Crippen molar-refractivity contribution in [3.63, 3.8) is 0 Å². The summed E-state index contributed by atoms with van der Waals surface area (Å²) in [5.41, 5.74) is 2.12. The number of nitrogens with one attached hydrogen (secondary N) is 3. The van der Waals surface area contributed by atoms with E-state index in [9.17, 15) is 9.18 Å². The maximum absolute atomic E-state index is 14.2. The molecule has 2 atom stereocenters. The summed E-state index contributed by atoms with van der Waals surface area (Å²) in [5.74, 6) is 0.0862. The first-order valence-electron chi connectivity index (χ1n) is 11.9. The number of hydrogen-bond acceptors (Lipinski definition) is 7. The van der Waals surface area contributed by atoms with Gasteiger partial charge in [0.1, 0.15) is 18.0 Å². The van der Waals surface area contributed by atoms with Crippen LogP contribution in [0.1, 0.15) is 56.2 Å². The largest absolute Gasteiger partial charge is 0.365 e. The van der Waals surface area contributed by atoms with Crippen molar-refractivity contribution in [3.8, 4) is 17.3 Å². The molecular weight excluding hydrogens is 435 g/mol. The van der Waals surface area contributed by atoms with Crippen LogP contribution in [-0.2, 0) is 9.53 Å². The summed E-state index contributed by atoms with van der Waals surface area (Å²) in [7, 11) is 1.75. The number of nitriles is 1. The van der Waals surface area contributed by atoms with Gasteiger partial charge < -0.3 is 20.7 Å². The van der Waals surface area contributed by atoms with Crippen molar-refractivity contribution >= 4 is 11.9 Å². The highest BCUT2D eigenvalue weighted by molar-refractivity contribution is 5.81. The van der Waals surface area contributed by atoms with Crippen LogP contribution in [0.4, 0.5) is 10.3 Å². The maximum Gasteiger partial charge on any atom is 0.250 e. The van der Waals surface area contributed by atoms with Gasteiger partial charge in [-0.3, -0.25) is 4.79 Å². The molecule has 1 aromatic heterocycles. The third-order valence-electron chi connectivity index (χ3n) is 6.72. The molecule has 2 fully saturated rings. The lowest BCUT2D eigenvalue weighted by Gasteiger charge is -2.32. The number of carbonyl (C=O) groups excluding carboxylic acids is 1. The van der Waals surface area contributed by atoms with Crippen LogP contribution in [-0.4, -0.2) is 54.3 Å². The van der Waals surface area contributed by atoms with E-state index in [1.54, 1.807) is 13.1 Å². The summed E-state index contributed by atoms with van der Waals surface area (Å²) < 4.78 is 19.9. The van der Waals surface area contributed by atoms with Crippen molar-refractivity contribution in [1.29, 1.82) is 5.26 Å². The number of nitrogens with zero attached hydrogens (tertiary/aromatic N) is 3. The lowest BCUT2D eigenvalue weighted by atomic mass is 9.83. The number of halogens is 1. The van der Waals surface area contributed by atoms with Crippen molar-refractivity contribution in [3.05, 3.63) is 41.3 Å². The Morgan fingerprint density at radius 2 is 2.06 bits per heavy atom. The molecule has 1 saturated carbocycles. The molecule has 9 heteroatoms. The van der Waals surface area contributed by atoms with E-state index >= 15 is 0 Å². The highest BCUT2D eigenvalue weighted by atomic mass is 19.1. The van der Waals surface area contributed by atoms with Crippen LogP contribution >= 0.6 is 0 Å². The first-order chi connectivity index (χ1) is 16.5. The fourth-order valence-corrected chi connectivity index (χ4v) is 4.58. The Balaban J connectivity index is 1.39. The van der Waals surface area contributed by atoms with Crippen molar-refractivity contribution in [2.24, 2.45) is 0 Å². The van der Waals surface area contributed by atoms with Gasteiger partial charge in [-0.25, -0.2) is 14.4 Å². The van der Waals surface area contributed by atoms with Gasteiger partial charge in [-0.15, -0.1) is 0 Å². The quantitative estimate of drug-likeness (QED) is 0.600. The standard InChI is InChI=1S/C25H31FN6O2/c1-3-18-14-34-23(13-29-18)24(33)30-19-8-6-15(7-9-19)21-11-22(32-25(28-2)31-21)16-4-5-17(12-27)20(26)10-16/h4-5,10-11,15,18-19,23,29H,3,6-9,13-14H2,1-2H3,(H,30,33)(H,28,31,32)/t15?,18-,19?,23+/m1/s1. The summed E-state index contributed by atoms with van der Waals surface area (Å²) in [6, 6.07) is 8.68. The zero-order valence-corrected chi connectivity index (χ0v) is 19.6. The van der Waals surface area contributed by atoms with E-state index in [0.29, 0.717) is 36.4 Å². The Kier molecular flexibility index (Phi) is 7.70. The first-order valence-corrected chi connectivity index (χ1v) is 11.9. The summed E-state index contributed by atoms with van der Waals surface area (Å²) in [6.45, 7) is 3.21. The molecule has 180 valence electrons. The van der Waals surface area contributed by atoms with Crippen LogP contribution in [0.25, 0.3) is 11.3 Å². The molecule has 34 heavy (non-hydrogen) atoms. The number of carbonyl (C=O) groups is 1. The molecule has 1 saturated heterocycles. The highest BCUT2D eigenvalue weighted by Gasteiger charge is 2.30. The van der Waals surface area contributed by atoms with E-state index in [-0.39, 0.29) is 23.4 Å². The average molecular weight is 467 g/mol. The molecule has 0 spiro atoms. The molecule has 2 heterocycles. The van der Waals surface area contributed by atoms with Crippen molar-refractivity contribution in [1.82, 2.24) is 20.6 Å². The van der Waals surface area contributed by atoms with E-state index < -0.39 is 11.9 Å². The summed E-state index contributed by atoms with van der Waals surface area (Å²) in [4.78, 5) is 21.7. The van der Waals surface area contributed by atoms with Gasteiger partial charge in [-0.2, -0.15) is 5.26 Å². The van der Waals surface area contributed by atoms with E-state index in [0.717, 1.165) is 37.8 Å². The Morgan fingerprint density at radius 3 is 2.68 bits per heavy atom. The summed E-state index contributed by atoms with van der Waals surface area (Å²) >= 11 is 0. The lowest BCUT2D eigenvalue weighted by molar-refractivity contribution is -0.136.